The van der Waals surface area contributed by atoms with Crippen molar-refractivity contribution >= 4 is 11.9 Å². The van der Waals surface area contributed by atoms with E-state index in [0.29, 0.717) is 25.4 Å². The molecule has 0 aromatic heterocycles. The van der Waals surface area contributed by atoms with E-state index in [-0.39, 0.29) is 5.91 Å². The summed E-state index contributed by atoms with van der Waals surface area (Å²) in [6, 6.07) is 0.384. The number of piperazine rings is 1. The Morgan fingerprint density at radius 1 is 1.20 bits per heavy atom. The van der Waals surface area contributed by atoms with Crippen molar-refractivity contribution in [1.29, 1.82) is 0 Å². The lowest BCUT2D eigenvalue weighted by Gasteiger charge is -2.41. The molecule has 3 unspecified atom stereocenters. The van der Waals surface area contributed by atoms with Gasteiger partial charge in [-0.2, -0.15) is 0 Å². The number of nitrogens with zero attached hydrogens (tertiary/aromatic N) is 2. The second-order valence-corrected chi connectivity index (χ2v) is 5.82. The summed E-state index contributed by atoms with van der Waals surface area (Å²) < 4.78 is 0. The Bertz CT molecular complexity index is 408. The van der Waals surface area contributed by atoms with Gasteiger partial charge in [0.15, 0.2) is 0 Å². The average Bonchev–Trinajstić information content (AvgIpc) is 2.47. The molecule has 1 saturated heterocycles. The molecule has 1 aliphatic heterocycles. The fourth-order valence-electron chi connectivity index (χ4n) is 3.18. The molecule has 1 aliphatic carbocycles. The van der Waals surface area contributed by atoms with E-state index in [0.717, 1.165) is 19.5 Å². The quantitative estimate of drug-likeness (QED) is 0.789. The van der Waals surface area contributed by atoms with Gasteiger partial charge in [0.1, 0.15) is 0 Å². The Morgan fingerprint density at radius 2 is 1.85 bits per heavy atom. The summed E-state index contributed by atoms with van der Waals surface area (Å²) in [7, 11) is 2.08. The first-order valence-corrected chi connectivity index (χ1v) is 7.41. The second-order valence-electron chi connectivity index (χ2n) is 5.82. The van der Waals surface area contributed by atoms with Crippen LogP contribution >= 0.6 is 0 Å². The number of carbonyl (C=O) groups is 2. The van der Waals surface area contributed by atoms with Crippen LogP contribution in [0, 0.1) is 11.8 Å². The summed E-state index contributed by atoms with van der Waals surface area (Å²) in [6.07, 6.45) is 5.85. The molecule has 0 spiro atoms. The third-order valence-corrected chi connectivity index (χ3v) is 4.63. The number of amides is 1. The van der Waals surface area contributed by atoms with Crippen LogP contribution in [0.4, 0.5) is 0 Å². The SMILES string of the molecule is CCC1CN(C(=O)C2CC=CCC2C(=O)O)CCN1C. The Balaban J connectivity index is 2.06. The molecular weight excluding hydrogens is 256 g/mol. The number of allylic oxidation sites excluding steroid dienone is 2. The van der Waals surface area contributed by atoms with Crippen molar-refractivity contribution in [3.8, 4) is 0 Å². The summed E-state index contributed by atoms with van der Waals surface area (Å²) in [5.41, 5.74) is 0. The predicted molar refractivity (Wildman–Crippen MR) is 76.3 cm³/mol. The van der Waals surface area contributed by atoms with Gasteiger partial charge in [0.25, 0.3) is 0 Å². The molecule has 2 rings (SSSR count). The van der Waals surface area contributed by atoms with Crippen molar-refractivity contribution in [2.75, 3.05) is 26.7 Å². The number of carboxylic acid groups (broad SMARTS) is 1. The molecule has 3 atom stereocenters. The van der Waals surface area contributed by atoms with E-state index in [1.54, 1.807) is 0 Å². The predicted octanol–water partition coefficient (Wildman–Crippen LogP) is 1.21. The zero-order valence-electron chi connectivity index (χ0n) is 12.3. The zero-order valence-corrected chi connectivity index (χ0v) is 12.3. The minimum Gasteiger partial charge on any atom is -0.481 e. The van der Waals surface area contributed by atoms with Crippen LogP contribution in [-0.2, 0) is 9.59 Å². The van der Waals surface area contributed by atoms with Gasteiger partial charge in [0.05, 0.1) is 11.8 Å². The summed E-state index contributed by atoms with van der Waals surface area (Å²) in [6.45, 7) is 4.42. The highest BCUT2D eigenvalue weighted by Crippen LogP contribution is 2.28. The molecule has 1 N–H and O–H groups in total. The first-order chi connectivity index (χ1) is 9.54. The highest BCUT2D eigenvalue weighted by molar-refractivity contribution is 5.85. The van der Waals surface area contributed by atoms with Crippen LogP contribution < -0.4 is 0 Å². The summed E-state index contributed by atoms with van der Waals surface area (Å²) in [5.74, 6) is -1.78. The molecule has 1 amide bonds. The normalized spacial score (nSPS) is 31.3. The van der Waals surface area contributed by atoms with Crippen molar-refractivity contribution in [1.82, 2.24) is 9.80 Å². The molecule has 20 heavy (non-hydrogen) atoms. The lowest BCUT2D eigenvalue weighted by Crippen LogP contribution is -2.55. The molecule has 5 nitrogen and oxygen atoms in total. The smallest absolute Gasteiger partial charge is 0.307 e. The van der Waals surface area contributed by atoms with Crippen LogP contribution in [0.25, 0.3) is 0 Å². The van der Waals surface area contributed by atoms with Crippen molar-refractivity contribution in [2.24, 2.45) is 11.8 Å². The van der Waals surface area contributed by atoms with Gasteiger partial charge in [-0.1, -0.05) is 19.1 Å². The third kappa shape index (κ3) is 3.03. The van der Waals surface area contributed by atoms with Gasteiger partial charge in [-0.3, -0.25) is 14.5 Å². The molecule has 5 heteroatoms. The summed E-state index contributed by atoms with van der Waals surface area (Å²) in [5, 5.41) is 9.28. The fraction of sp³-hybridized carbons (Fsp3) is 0.733. The molecular formula is C15H24N2O3. The fourth-order valence-corrected chi connectivity index (χ4v) is 3.18. The Labute approximate surface area is 120 Å². The number of carboxylic acids is 1. The Kier molecular flexibility index (Phi) is 4.81. The minimum absolute atomic E-state index is 0.0216. The second kappa shape index (κ2) is 6.39. The molecule has 0 aromatic carbocycles. The molecule has 0 saturated carbocycles. The average molecular weight is 280 g/mol. The monoisotopic (exact) mass is 280 g/mol. The summed E-state index contributed by atoms with van der Waals surface area (Å²) >= 11 is 0. The lowest BCUT2D eigenvalue weighted by atomic mass is 9.82. The lowest BCUT2D eigenvalue weighted by molar-refractivity contribution is -0.151. The number of rotatable bonds is 3. The van der Waals surface area contributed by atoms with E-state index >= 15 is 0 Å². The van der Waals surface area contributed by atoms with Crippen molar-refractivity contribution in [3.05, 3.63) is 12.2 Å². The highest BCUT2D eigenvalue weighted by Gasteiger charge is 2.38. The molecule has 1 fully saturated rings. The van der Waals surface area contributed by atoms with Gasteiger partial charge in [-0.05, 0) is 26.3 Å². The van der Waals surface area contributed by atoms with Crippen molar-refractivity contribution in [3.63, 3.8) is 0 Å². The van der Waals surface area contributed by atoms with E-state index in [1.165, 1.54) is 0 Å². The molecule has 1 heterocycles. The number of hydrogen-bond donors (Lipinski definition) is 1. The first kappa shape index (κ1) is 15.0. The van der Waals surface area contributed by atoms with E-state index in [1.807, 2.05) is 17.1 Å². The maximum absolute atomic E-state index is 12.6. The topological polar surface area (TPSA) is 60.9 Å². The first-order valence-electron chi connectivity index (χ1n) is 7.41. The third-order valence-electron chi connectivity index (χ3n) is 4.63. The maximum atomic E-state index is 12.6. The molecule has 0 bridgehead atoms. The maximum Gasteiger partial charge on any atom is 0.307 e. The van der Waals surface area contributed by atoms with Gasteiger partial charge < -0.3 is 10.0 Å². The summed E-state index contributed by atoms with van der Waals surface area (Å²) in [4.78, 5) is 28.1. The van der Waals surface area contributed by atoms with Gasteiger partial charge in [0.2, 0.25) is 5.91 Å². The number of carbonyl (C=O) groups excluding carboxylic acids is 1. The number of likely N-dealkylation sites (N-methyl/N-ethyl adjacent to an activating group) is 1. The van der Waals surface area contributed by atoms with Crippen LogP contribution in [0.15, 0.2) is 12.2 Å². The van der Waals surface area contributed by atoms with Crippen molar-refractivity contribution < 1.29 is 14.7 Å². The van der Waals surface area contributed by atoms with E-state index in [9.17, 15) is 14.7 Å². The molecule has 0 aromatic rings. The van der Waals surface area contributed by atoms with Gasteiger partial charge in [0, 0.05) is 25.7 Å². The zero-order chi connectivity index (χ0) is 14.7. The minimum atomic E-state index is -0.853. The Hall–Kier alpha value is -1.36. The van der Waals surface area contributed by atoms with Gasteiger partial charge in [-0.25, -0.2) is 0 Å². The van der Waals surface area contributed by atoms with Crippen LogP contribution in [0.1, 0.15) is 26.2 Å². The van der Waals surface area contributed by atoms with Gasteiger partial charge >= 0.3 is 5.97 Å². The van der Waals surface area contributed by atoms with Crippen LogP contribution in [0.5, 0.6) is 0 Å². The largest absolute Gasteiger partial charge is 0.481 e. The van der Waals surface area contributed by atoms with Gasteiger partial charge in [-0.15, -0.1) is 0 Å². The highest BCUT2D eigenvalue weighted by atomic mass is 16.4. The van der Waals surface area contributed by atoms with E-state index in [4.69, 9.17) is 0 Å². The van der Waals surface area contributed by atoms with Crippen LogP contribution in [0.3, 0.4) is 0 Å². The number of hydrogen-bond acceptors (Lipinski definition) is 3. The number of aliphatic carboxylic acids is 1. The van der Waals surface area contributed by atoms with E-state index in [2.05, 4.69) is 18.9 Å². The van der Waals surface area contributed by atoms with Crippen LogP contribution in [-0.4, -0.2) is 59.5 Å². The van der Waals surface area contributed by atoms with E-state index < -0.39 is 17.8 Å². The van der Waals surface area contributed by atoms with Crippen LogP contribution in [0.2, 0.25) is 0 Å². The standard InChI is InChI=1S/C15H24N2O3/c1-3-11-10-17(9-8-16(11)2)14(18)12-6-4-5-7-13(12)15(19)20/h4-5,11-13H,3,6-10H2,1-2H3,(H,19,20). The van der Waals surface area contributed by atoms with Crippen molar-refractivity contribution in [2.45, 2.75) is 32.2 Å². The molecule has 112 valence electrons. The Morgan fingerprint density at radius 3 is 2.45 bits per heavy atom. The molecule has 0 radical (unpaired) electrons. The molecule has 2 aliphatic rings.